The van der Waals surface area contributed by atoms with Crippen LogP contribution in [-0.4, -0.2) is 36.4 Å². The Morgan fingerprint density at radius 2 is 2.15 bits per heavy atom. The first-order valence-corrected chi connectivity index (χ1v) is 6.10. The molecule has 0 bridgehead atoms. The molecule has 0 saturated heterocycles. The van der Waals surface area contributed by atoms with E-state index in [2.05, 4.69) is 10.1 Å². The Kier molecular flexibility index (Phi) is 5.43. The largest absolute Gasteiger partial charge is 0.411 e. The highest BCUT2D eigenvalue weighted by Crippen LogP contribution is 2.16. The summed E-state index contributed by atoms with van der Waals surface area (Å²) in [6, 6.07) is 1.57. The Hall–Kier alpha value is -1.70. The van der Waals surface area contributed by atoms with Crippen LogP contribution in [-0.2, 0) is 4.74 Å². The van der Waals surface area contributed by atoms with Crippen molar-refractivity contribution in [3.63, 3.8) is 0 Å². The van der Waals surface area contributed by atoms with Gasteiger partial charge in [-0.1, -0.05) is 0 Å². The van der Waals surface area contributed by atoms with Gasteiger partial charge in [0.05, 0.1) is 12.3 Å². The normalized spacial score (nSPS) is 11.9. The Bertz CT molecular complexity index is 455. The first-order chi connectivity index (χ1) is 9.20. The second-order valence-electron chi connectivity index (χ2n) is 4.58. The minimum absolute atomic E-state index is 0.00189. The van der Waals surface area contributed by atoms with Gasteiger partial charge in [-0.2, -0.15) is 13.2 Å². The number of rotatable bonds is 6. The van der Waals surface area contributed by atoms with Crippen LogP contribution in [0.5, 0.6) is 0 Å². The number of carbonyl (C=O) groups excluding carboxylic acids is 1. The number of hydrogen-bond donors (Lipinski definition) is 2. The second kappa shape index (κ2) is 6.65. The summed E-state index contributed by atoms with van der Waals surface area (Å²) in [5.41, 5.74) is 6.45. The van der Waals surface area contributed by atoms with Crippen LogP contribution < -0.4 is 11.1 Å². The Morgan fingerprint density at radius 1 is 1.50 bits per heavy atom. The molecule has 0 saturated carbocycles. The smallest absolute Gasteiger partial charge is 0.397 e. The van der Waals surface area contributed by atoms with Gasteiger partial charge in [-0.25, -0.2) is 0 Å². The highest BCUT2D eigenvalue weighted by atomic mass is 19.4. The van der Waals surface area contributed by atoms with Crippen LogP contribution >= 0.6 is 0 Å². The van der Waals surface area contributed by atoms with E-state index in [1.165, 1.54) is 6.07 Å². The number of nitrogens with zero attached hydrogens (tertiary/aromatic N) is 1. The standard InChI is InChI=1S/C12H18F3N3O2/c1-8(2)18-6-9(16)5-10(18)11(19)17-3-4-20-7-12(13,14)15/h5-6,8H,3-4,7,16H2,1-2H3,(H,17,19). The lowest BCUT2D eigenvalue weighted by Gasteiger charge is -2.13. The van der Waals surface area contributed by atoms with E-state index >= 15 is 0 Å². The summed E-state index contributed by atoms with van der Waals surface area (Å²) in [6.07, 6.45) is -2.72. The molecule has 0 radical (unpaired) electrons. The zero-order valence-electron chi connectivity index (χ0n) is 11.3. The summed E-state index contributed by atoms with van der Waals surface area (Å²) in [5.74, 6) is -0.397. The van der Waals surface area contributed by atoms with Crippen molar-refractivity contribution in [2.45, 2.75) is 26.1 Å². The number of nitrogen functional groups attached to an aromatic ring is 1. The maximum atomic E-state index is 11.9. The first-order valence-electron chi connectivity index (χ1n) is 6.10. The van der Waals surface area contributed by atoms with Gasteiger partial charge < -0.3 is 20.4 Å². The van der Waals surface area contributed by atoms with E-state index in [9.17, 15) is 18.0 Å². The van der Waals surface area contributed by atoms with E-state index in [1.54, 1.807) is 10.8 Å². The third kappa shape index (κ3) is 5.12. The average Bonchev–Trinajstić information content (AvgIpc) is 2.69. The number of ether oxygens (including phenoxy) is 1. The molecule has 114 valence electrons. The van der Waals surface area contributed by atoms with Crippen molar-refractivity contribution >= 4 is 11.6 Å². The fourth-order valence-corrected chi connectivity index (χ4v) is 1.63. The molecule has 0 aliphatic carbocycles. The summed E-state index contributed by atoms with van der Waals surface area (Å²) in [6.45, 7) is 2.25. The molecule has 0 spiro atoms. The Labute approximate surface area is 114 Å². The molecule has 5 nitrogen and oxygen atoms in total. The maximum Gasteiger partial charge on any atom is 0.411 e. The number of amides is 1. The van der Waals surface area contributed by atoms with E-state index < -0.39 is 18.7 Å². The first kappa shape index (κ1) is 16.4. The number of anilines is 1. The van der Waals surface area contributed by atoms with Crippen molar-refractivity contribution in [3.8, 4) is 0 Å². The topological polar surface area (TPSA) is 69.3 Å². The number of alkyl halides is 3. The lowest BCUT2D eigenvalue weighted by Crippen LogP contribution is -2.30. The summed E-state index contributed by atoms with van der Waals surface area (Å²) in [4.78, 5) is 11.9. The minimum atomic E-state index is -4.36. The van der Waals surface area contributed by atoms with E-state index in [-0.39, 0.29) is 19.2 Å². The number of nitrogens with one attached hydrogen (secondary N) is 1. The molecule has 0 atom stereocenters. The Balaban J connectivity index is 2.44. The van der Waals surface area contributed by atoms with Crippen molar-refractivity contribution in [3.05, 3.63) is 18.0 Å². The van der Waals surface area contributed by atoms with Crippen LogP contribution in [0.1, 0.15) is 30.4 Å². The summed E-state index contributed by atoms with van der Waals surface area (Å²) in [7, 11) is 0. The Morgan fingerprint density at radius 3 is 2.70 bits per heavy atom. The van der Waals surface area contributed by atoms with Crippen LogP contribution in [0.3, 0.4) is 0 Å². The number of nitrogens with two attached hydrogens (primary N) is 1. The molecule has 0 aliphatic heterocycles. The van der Waals surface area contributed by atoms with Crippen molar-refractivity contribution in [2.24, 2.45) is 0 Å². The van der Waals surface area contributed by atoms with Crippen molar-refractivity contribution in [2.75, 3.05) is 25.5 Å². The SMILES string of the molecule is CC(C)n1cc(N)cc1C(=O)NCCOCC(F)(F)F. The maximum absolute atomic E-state index is 11.9. The third-order valence-electron chi connectivity index (χ3n) is 2.46. The molecule has 1 aromatic rings. The van der Waals surface area contributed by atoms with Gasteiger partial charge in [-0.15, -0.1) is 0 Å². The molecule has 0 unspecified atom stereocenters. The molecule has 1 amide bonds. The van der Waals surface area contributed by atoms with E-state index in [4.69, 9.17) is 5.73 Å². The molecule has 8 heteroatoms. The van der Waals surface area contributed by atoms with E-state index in [0.29, 0.717) is 11.4 Å². The van der Waals surface area contributed by atoms with Crippen LogP contribution in [0, 0.1) is 0 Å². The fraction of sp³-hybridized carbons (Fsp3) is 0.583. The van der Waals surface area contributed by atoms with E-state index in [1.807, 2.05) is 13.8 Å². The molecular weight excluding hydrogens is 275 g/mol. The van der Waals surface area contributed by atoms with Gasteiger partial charge in [-0.3, -0.25) is 4.79 Å². The number of hydrogen-bond acceptors (Lipinski definition) is 3. The van der Waals surface area contributed by atoms with Crippen LogP contribution in [0.15, 0.2) is 12.3 Å². The lowest BCUT2D eigenvalue weighted by atomic mass is 10.3. The fourth-order valence-electron chi connectivity index (χ4n) is 1.63. The molecule has 1 rings (SSSR count). The van der Waals surface area contributed by atoms with Crippen molar-refractivity contribution in [1.82, 2.24) is 9.88 Å². The van der Waals surface area contributed by atoms with Gasteiger partial charge in [0, 0.05) is 18.8 Å². The predicted octanol–water partition coefficient (Wildman–Crippen LogP) is 1.96. The van der Waals surface area contributed by atoms with Crippen molar-refractivity contribution < 1.29 is 22.7 Å². The van der Waals surface area contributed by atoms with Crippen LogP contribution in [0.25, 0.3) is 0 Å². The molecule has 1 heterocycles. The quantitative estimate of drug-likeness (QED) is 0.788. The second-order valence-corrected chi connectivity index (χ2v) is 4.58. The van der Waals surface area contributed by atoms with Crippen LogP contribution in [0.4, 0.5) is 18.9 Å². The molecule has 0 aromatic carbocycles. The molecular formula is C12H18F3N3O2. The molecule has 20 heavy (non-hydrogen) atoms. The van der Waals surface area contributed by atoms with Gasteiger partial charge in [0.25, 0.3) is 5.91 Å². The molecule has 1 aromatic heterocycles. The lowest BCUT2D eigenvalue weighted by molar-refractivity contribution is -0.173. The average molecular weight is 293 g/mol. The van der Waals surface area contributed by atoms with Gasteiger partial charge in [0.2, 0.25) is 0 Å². The van der Waals surface area contributed by atoms with E-state index in [0.717, 1.165) is 0 Å². The highest BCUT2D eigenvalue weighted by molar-refractivity contribution is 5.93. The predicted molar refractivity (Wildman–Crippen MR) is 68.4 cm³/mol. The van der Waals surface area contributed by atoms with Gasteiger partial charge >= 0.3 is 6.18 Å². The molecule has 0 aliphatic rings. The third-order valence-corrected chi connectivity index (χ3v) is 2.46. The monoisotopic (exact) mass is 293 g/mol. The number of halogens is 3. The van der Waals surface area contributed by atoms with Crippen LogP contribution in [0.2, 0.25) is 0 Å². The number of aromatic nitrogens is 1. The zero-order valence-corrected chi connectivity index (χ0v) is 11.3. The van der Waals surface area contributed by atoms with Gasteiger partial charge in [-0.05, 0) is 19.9 Å². The summed E-state index contributed by atoms with van der Waals surface area (Å²) >= 11 is 0. The molecule has 3 N–H and O–H groups in total. The van der Waals surface area contributed by atoms with Gasteiger partial charge in [0.15, 0.2) is 0 Å². The van der Waals surface area contributed by atoms with Crippen molar-refractivity contribution in [1.29, 1.82) is 0 Å². The minimum Gasteiger partial charge on any atom is -0.397 e. The summed E-state index contributed by atoms with van der Waals surface area (Å²) < 4.78 is 41.6. The summed E-state index contributed by atoms with van der Waals surface area (Å²) in [5, 5.41) is 2.49. The zero-order chi connectivity index (χ0) is 15.3. The molecule has 0 fully saturated rings. The van der Waals surface area contributed by atoms with Gasteiger partial charge in [0.1, 0.15) is 12.3 Å². The number of carbonyl (C=O) groups is 1. The highest BCUT2D eigenvalue weighted by Gasteiger charge is 2.27.